The summed E-state index contributed by atoms with van der Waals surface area (Å²) in [5.41, 5.74) is 0.254. The Bertz CT molecular complexity index is 646. The lowest BCUT2D eigenvalue weighted by Crippen LogP contribution is -2.13. The average molecular weight is 357 g/mol. The highest BCUT2D eigenvalue weighted by Crippen LogP contribution is 2.60. The van der Waals surface area contributed by atoms with E-state index < -0.39 is 24.6 Å². The molecule has 1 atom stereocenters. The van der Waals surface area contributed by atoms with Crippen LogP contribution in [0.2, 0.25) is 0 Å². The molecule has 0 aliphatic carbocycles. The monoisotopic (exact) mass is 357 g/mol. The van der Waals surface area contributed by atoms with Gasteiger partial charge in [-0.3, -0.25) is 19.5 Å². The highest BCUT2D eigenvalue weighted by molar-refractivity contribution is 7.58. The summed E-state index contributed by atoms with van der Waals surface area (Å²) in [4.78, 5) is 21.6. The minimum Gasteiger partial charge on any atom is -0.452 e. The van der Waals surface area contributed by atoms with Crippen LogP contribution in [0.1, 0.15) is 32.4 Å². The van der Waals surface area contributed by atoms with Crippen LogP contribution >= 0.6 is 7.60 Å². The van der Waals surface area contributed by atoms with Gasteiger partial charge < -0.3 is 13.8 Å². The molecule has 0 heterocycles. The molecule has 0 aromatic heterocycles. The van der Waals surface area contributed by atoms with Crippen LogP contribution in [0.15, 0.2) is 36.2 Å². The molecule has 0 saturated heterocycles. The van der Waals surface area contributed by atoms with E-state index in [4.69, 9.17) is 13.8 Å². The third-order valence-corrected chi connectivity index (χ3v) is 5.08. The molecule has 0 spiro atoms. The Balaban J connectivity index is 3.24. The van der Waals surface area contributed by atoms with Crippen LogP contribution in [0, 0.1) is 10.1 Å². The van der Waals surface area contributed by atoms with Crippen LogP contribution in [0.4, 0.5) is 5.69 Å². The van der Waals surface area contributed by atoms with Gasteiger partial charge in [-0.05, 0) is 31.5 Å². The van der Waals surface area contributed by atoms with E-state index in [1.807, 2.05) is 0 Å². The number of nitro benzene ring substituents is 1. The van der Waals surface area contributed by atoms with Gasteiger partial charge in [0.05, 0.1) is 23.5 Å². The summed E-state index contributed by atoms with van der Waals surface area (Å²) in [5.74, 6) is -0.626. The van der Waals surface area contributed by atoms with Crippen LogP contribution in [0.25, 0.3) is 0 Å². The fourth-order valence-corrected chi connectivity index (χ4v) is 3.53. The fourth-order valence-electron chi connectivity index (χ4n) is 1.95. The van der Waals surface area contributed by atoms with Gasteiger partial charge in [-0.25, -0.2) is 0 Å². The molecular weight excluding hydrogens is 337 g/mol. The number of non-ortho nitro benzene ring substituents is 1. The number of rotatable bonds is 9. The molecule has 132 valence electrons. The van der Waals surface area contributed by atoms with Crippen LogP contribution in [0.3, 0.4) is 0 Å². The smallest absolute Gasteiger partial charge is 0.360 e. The van der Waals surface area contributed by atoms with Gasteiger partial charge in [0.15, 0.2) is 6.10 Å². The predicted octanol–water partition coefficient (Wildman–Crippen LogP) is 3.98. The third kappa shape index (κ3) is 4.99. The second kappa shape index (κ2) is 8.73. The predicted molar refractivity (Wildman–Crippen MR) is 87.6 cm³/mol. The fraction of sp³-hybridized carbons (Fsp3) is 0.400. The summed E-state index contributed by atoms with van der Waals surface area (Å²) < 4.78 is 28.5. The minimum atomic E-state index is -3.72. The summed E-state index contributed by atoms with van der Waals surface area (Å²) in [7, 11) is -3.72. The Kier molecular flexibility index (Phi) is 7.28. The van der Waals surface area contributed by atoms with Crippen LogP contribution in [-0.4, -0.2) is 24.1 Å². The van der Waals surface area contributed by atoms with Crippen molar-refractivity contribution in [2.75, 3.05) is 13.2 Å². The molecule has 0 saturated carbocycles. The lowest BCUT2D eigenvalue weighted by Gasteiger charge is -2.25. The van der Waals surface area contributed by atoms with E-state index in [1.54, 1.807) is 13.8 Å². The molecule has 0 fully saturated rings. The second-order valence-corrected chi connectivity index (χ2v) is 6.75. The van der Waals surface area contributed by atoms with Crippen LogP contribution < -0.4 is 0 Å². The van der Waals surface area contributed by atoms with Gasteiger partial charge in [0.2, 0.25) is 0 Å². The summed E-state index contributed by atoms with van der Waals surface area (Å²) in [5, 5.41) is 10.7. The molecule has 24 heavy (non-hydrogen) atoms. The minimum absolute atomic E-state index is 0.0461. The Morgan fingerprint density at radius 3 is 2.12 bits per heavy atom. The molecule has 0 N–H and O–H groups in total. The summed E-state index contributed by atoms with van der Waals surface area (Å²) in [6.07, 6.45) is -1.10. The molecule has 9 heteroatoms. The highest BCUT2D eigenvalue weighted by atomic mass is 31.2. The Labute approximate surface area is 140 Å². The molecule has 0 amide bonds. The van der Waals surface area contributed by atoms with Crippen molar-refractivity contribution in [3.63, 3.8) is 0 Å². The number of esters is 1. The average Bonchev–Trinajstić information content (AvgIpc) is 2.52. The number of ether oxygens (including phenoxy) is 1. The first-order valence-electron chi connectivity index (χ1n) is 7.25. The van der Waals surface area contributed by atoms with Crippen molar-refractivity contribution in [2.24, 2.45) is 0 Å². The number of hydrogen-bond acceptors (Lipinski definition) is 7. The van der Waals surface area contributed by atoms with E-state index in [0.29, 0.717) is 5.56 Å². The second-order valence-electron chi connectivity index (χ2n) is 4.66. The molecule has 0 radical (unpaired) electrons. The van der Waals surface area contributed by atoms with Crippen LogP contribution in [0.5, 0.6) is 0 Å². The molecular formula is C15H20NO7P. The lowest BCUT2D eigenvalue weighted by molar-refractivity contribution is -0.384. The Morgan fingerprint density at radius 2 is 1.75 bits per heavy atom. The number of hydrogen-bond donors (Lipinski definition) is 0. The summed E-state index contributed by atoms with van der Waals surface area (Å²) in [6, 6.07) is 5.31. The van der Waals surface area contributed by atoms with Gasteiger partial charge in [-0.1, -0.05) is 6.58 Å². The van der Waals surface area contributed by atoms with Crippen molar-refractivity contribution in [3.05, 3.63) is 51.8 Å². The van der Waals surface area contributed by atoms with E-state index in [9.17, 15) is 19.5 Å². The topological polar surface area (TPSA) is 105 Å². The van der Waals surface area contributed by atoms with Gasteiger partial charge in [0.1, 0.15) is 0 Å². The van der Waals surface area contributed by atoms with E-state index in [1.165, 1.54) is 31.2 Å². The highest BCUT2D eigenvalue weighted by Gasteiger charge is 2.36. The Hall–Kier alpha value is -2.02. The van der Waals surface area contributed by atoms with Crippen LogP contribution in [-0.2, 0) is 23.1 Å². The first-order chi connectivity index (χ1) is 11.2. The lowest BCUT2D eigenvalue weighted by atomic mass is 10.1. The zero-order valence-corrected chi connectivity index (χ0v) is 14.7. The van der Waals surface area contributed by atoms with Crippen molar-refractivity contribution >= 4 is 19.3 Å². The SMILES string of the molecule is C=C(C(OC(C)=O)c1ccc([N+](=O)[O-])cc1)P(=O)(OCC)OCC. The maximum Gasteiger partial charge on any atom is 0.360 e. The van der Waals surface area contributed by atoms with E-state index in [-0.39, 0.29) is 24.2 Å². The van der Waals surface area contributed by atoms with Gasteiger partial charge >= 0.3 is 13.6 Å². The molecule has 8 nitrogen and oxygen atoms in total. The first-order valence-corrected chi connectivity index (χ1v) is 8.79. The zero-order valence-electron chi connectivity index (χ0n) is 13.8. The van der Waals surface area contributed by atoms with Crippen molar-refractivity contribution in [2.45, 2.75) is 26.9 Å². The molecule has 1 rings (SSSR count). The number of carbonyl (C=O) groups excluding carboxylic acids is 1. The van der Waals surface area contributed by atoms with Gasteiger partial charge in [0, 0.05) is 19.1 Å². The number of nitro groups is 1. The van der Waals surface area contributed by atoms with Gasteiger partial charge in [-0.15, -0.1) is 0 Å². The first kappa shape index (κ1) is 20.0. The summed E-state index contributed by atoms with van der Waals surface area (Å²) in [6.45, 7) is 8.44. The van der Waals surface area contributed by atoms with Crippen molar-refractivity contribution in [1.29, 1.82) is 0 Å². The third-order valence-electron chi connectivity index (χ3n) is 2.94. The number of benzene rings is 1. The maximum atomic E-state index is 12.8. The maximum absolute atomic E-state index is 12.8. The molecule has 0 aliphatic heterocycles. The zero-order chi connectivity index (χ0) is 18.3. The molecule has 1 aromatic rings. The summed E-state index contributed by atoms with van der Waals surface area (Å²) >= 11 is 0. The quantitative estimate of drug-likeness (QED) is 0.285. The molecule has 0 aliphatic rings. The number of nitrogens with zero attached hydrogens (tertiary/aromatic N) is 1. The molecule has 0 bridgehead atoms. The van der Waals surface area contributed by atoms with Gasteiger partial charge in [0.25, 0.3) is 5.69 Å². The molecule has 1 unspecified atom stereocenters. The molecule has 1 aromatic carbocycles. The number of carbonyl (C=O) groups is 1. The largest absolute Gasteiger partial charge is 0.452 e. The van der Waals surface area contributed by atoms with E-state index in [0.717, 1.165) is 0 Å². The van der Waals surface area contributed by atoms with Gasteiger partial charge in [-0.2, -0.15) is 0 Å². The van der Waals surface area contributed by atoms with Crippen molar-refractivity contribution in [1.82, 2.24) is 0 Å². The van der Waals surface area contributed by atoms with E-state index >= 15 is 0 Å². The van der Waals surface area contributed by atoms with Crippen molar-refractivity contribution < 1.29 is 28.1 Å². The van der Waals surface area contributed by atoms with Crippen molar-refractivity contribution in [3.8, 4) is 0 Å². The van der Waals surface area contributed by atoms with E-state index in [2.05, 4.69) is 6.58 Å². The standard InChI is InChI=1S/C15H20NO7P/c1-5-21-24(20,22-6-2)11(3)15(23-12(4)17)13-7-9-14(10-8-13)16(18)19/h7-10,15H,3,5-6H2,1-2,4H3. The Morgan fingerprint density at radius 1 is 1.25 bits per heavy atom. The normalized spacial score (nSPS) is 12.5.